The Bertz CT molecular complexity index is 504. The SMILES string of the molecule is Brc1ccc2c(c1)CCCc1nncn1-2. The van der Waals surface area contributed by atoms with E-state index < -0.39 is 0 Å². The van der Waals surface area contributed by atoms with Gasteiger partial charge in [-0.05, 0) is 36.6 Å². The van der Waals surface area contributed by atoms with Gasteiger partial charge in [-0.25, -0.2) is 0 Å². The summed E-state index contributed by atoms with van der Waals surface area (Å²) in [5, 5.41) is 8.11. The van der Waals surface area contributed by atoms with E-state index >= 15 is 0 Å². The Morgan fingerprint density at radius 1 is 1.27 bits per heavy atom. The highest BCUT2D eigenvalue weighted by Crippen LogP contribution is 2.25. The lowest BCUT2D eigenvalue weighted by Crippen LogP contribution is -1.98. The van der Waals surface area contributed by atoms with Gasteiger partial charge in [-0.3, -0.25) is 4.57 Å². The summed E-state index contributed by atoms with van der Waals surface area (Å²) in [4.78, 5) is 0. The summed E-state index contributed by atoms with van der Waals surface area (Å²) in [6.07, 6.45) is 5.06. The van der Waals surface area contributed by atoms with Crippen LogP contribution >= 0.6 is 15.9 Å². The van der Waals surface area contributed by atoms with Crippen LogP contribution in [0.4, 0.5) is 0 Å². The molecule has 0 unspecified atom stereocenters. The van der Waals surface area contributed by atoms with Crippen molar-refractivity contribution in [2.45, 2.75) is 19.3 Å². The van der Waals surface area contributed by atoms with Crippen LogP contribution < -0.4 is 0 Å². The summed E-state index contributed by atoms with van der Waals surface area (Å²) in [5.74, 6) is 1.07. The zero-order chi connectivity index (χ0) is 10.3. The highest BCUT2D eigenvalue weighted by atomic mass is 79.9. The van der Waals surface area contributed by atoms with Gasteiger partial charge >= 0.3 is 0 Å². The Balaban J connectivity index is 2.25. The van der Waals surface area contributed by atoms with Crippen LogP contribution in [0.1, 0.15) is 17.8 Å². The van der Waals surface area contributed by atoms with Crippen LogP contribution in [0.2, 0.25) is 0 Å². The first-order valence-corrected chi connectivity index (χ1v) is 5.81. The van der Waals surface area contributed by atoms with Crippen molar-refractivity contribution in [1.82, 2.24) is 14.8 Å². The van der Waals surface area contributed by atoms with E-state index in [9.17, 15) is 0 Å². The first-order valence-electron chi connectivity index (χ1n) is 5.02. The molecule has 0 fully saturated rings. The van der Waals surface area contributed by atoms with Gasteiger partial charge in [0.2, 0.25) is 0 Å². The Hall–Kier alpha value is -1.16. The third-order valence-corrected chi connectivity index (χ3v) is 3.26. The van der Waals surface area contributed by atoms with E-state index in [1.54, 1.807) is 6.33 Å². The molecular weight excluding hydrogens is 254 g/mol. The van der Waals surface area contributed by atoms with E-state index in [0.29, 0.717) is 0 Å². The van der Waals surface area contributed by atoms with Crippen LogP contribution in [0.3, 0.4) is 0 Å². The Morgan fingerprint density at radius 2 is 2.20 bits per heavy atom. The Morgan fingerprint density at radius 3 is 3.13 bits per heavy atom. The van der Waals surface area contributed by atoms with Gasteiger partial charge in [0.15, 0.2) is 0 Å². The number of hydrogen-bond acceptors (Lipinski definition) is 2. The van der Waals surface area contributed by atoms with Crippen LogP contribution in [0.25, 0.3) is 5.69 Å². The molecule has 4 heteroatoms. The van der Waals surface area contributed by atoms with Crippen LogP contribution in [-0.2, 0) is 12.8 Å². The normalized spacial score (nSPS) is 14.2. The predicted octanol–water partition coefficient (Wildman–Crippen LogP) is 2.52. The molecule has 3 nitrogen and oxygen atoms in total. The minimum Gasteiger partial charge on any atom is -0.285 e. The molecule has 0 bridgehead atoms. The number of nitrogens with zero attached hydrogens (tertiary/aromatic N) is 3. The van der Waals surface area contributed by atoms with Crippen LogP contribution in [-0.4, -0.2) is 14.8 Å². The van der Waals surface area contributed by atoms with Crippen molar-refractivity contribution in [2.24, 2.45) is 0 Å². The molecule has 2 aromatic rings. The highest BCUT2D eigenvalue weighted by molar-refractivity contribution is 9.10. The molecule has 0 radical (unpaired) electrons. The lowest BCUT2D eigenvalue weighted by Gasteiger charge is -2.07. The van der Waals surface area contributed by atoms with E-state index in [1.807, 2.05) is 0 Å². The number of aromatic nitrogens is 3. The van der Waals surface area contributed by atoms with E-state index in [1.165, 1.54) is 11.3 Å². The molecule has 0 amide bonds. The third-order valence-electron chi connectivity index (χ3n) is 2.77. The maximum atomic E-state index is 4.14. The summed E-state index contributed by atoms with van der Waals surface area (Å²) < 4.78 is 3.23. The molecule has 0 saturated carbocycles. The largest absolute Gasteiger partial charge is 0.285 e. The predicted molar refractivity (Wildman–Crippen MR) is 61.1 cm³/mol. The first kappa shape index (κ1) is 9.09. The number of halogens is 1. The van der Waals surface area contributed by atoms with Crippen molar-refractivity contribution in [3.63, 3.8) is 0 Å². The minimum absolute atomic E-state index is 1.01. The molecule has 1 aliphatic heterocycles. The number of hydrogen-bond donors (Lipinski definition) is 0. The monoisotopic (exact) mass is 263 g/mol. The van der Waals surface area contributed by atoms with E-state index in [-0.39, 0.29) is 0 Å². The van der Waals surface area contributed by atoms with Crippen molar-refractivity contribution >= 4 is 15.9 Å². The first-order chi connectivity index (χ1) is 7.34. The van der Waals surface area contributed by atoms with E-state index in [2.05, 4.69) is 48.9 Å². The summed E-state index contributed by atoms with van der Waals surface area (Å²) in [5.41, 5.74) is 2.58. The maximum absolute atomic E-state index is 4.14. The van der Waals surface area contributed by atoms with Gasteiger partial charge in [0.1, 0.15) is 12.2 Å². The minimum atomic E-state index is 1.01. The van der Waals surface area contributed by atoms with E-state index in [4.69, 9.17) is 0 Å². The van der Waals surface area contributed by atoms with Crippen LogP contribution in [0, 0.1) is 0 Å². The number of benzene rings is 1. The molecule has 0 saturated heterocycles. The standard InChI is InChI=1S/C11H10BrN3/c12-9-4-5-10-8(6-9)2-1-3-11-14-13-7-15(10)11/h4-7H,1-3H2. The number of rotatable bonds is 0. The average molecular weight is 264 g/mol. The molecule has 0 N–H and O–H groups in total. The molecule has 1 aromatic carbocycles. The summed E-state index contributed by atoms with van der Waals surface area (Å²) in [7, 11) is 0. The molecule has 1 aliphatic rings. The Labute approximate surface area is 96.3 Å². The number of aryl methyl sites for hydroxylation is 2. The van der Waals surface area contributed by atoms with Gasteiger partial charge in [0, 0.05) is 10.9 Å². The summed E-state index contributed by atoms with van der Waals surface area (Å²) >= 11 is 3.51. The van der Waals surface area contributed by atoms with Crippen molar-refractivity contribution in [3.05, 3.63) is 40.4 Å². The molecule has 2 heterocycles. The molecule has 3 rings (SSSR count). The van der Waals surface area contributed by atoms with Crippen molar-refractivity contribution in [3.8, 4) is 5.69 Å². The second-order valence-corrected chi connectivity index (χ2v) is 4.66. The molecular formula is C11H10BrN3. The fourth-order valence-corrected chi connectivity index (χ4v) is 2.47. The molecule has 0 spiro atoms. The summed E-state index contributed by atoms with van der Waals surface area (Å²) in [6, 6.07) is 6.37. The van der Waals surface area contributed by atoms with Gasteiger partial charge in [0.05, 0.1) is 5.69 Å². The second-order valence-electron chi connectivity index (χ2n) is 3.74. The van der Waals surface area contributed by atoms with Crippen LogP contribution in [0.15, 0.2) is 29.0 Å². The van der Waals surface area contributed by atoms with Crippen molar-refractivity contribution in [1.29, 1.82) is 0 Å². The molecule has 76 valence electrons. The van der Waals surface area contributed by atoms with Gasteiger partial charge in [-0.15, -0.1) is 10.2 Å². The smallest absolute Gasteiger partial charge is 0.137 e. The zero-order valence-electron chi connectivity index (χ0n) is 8.15. The topological polar surface area (TPSA) is 30.7 Å². The van der Waals surface area contributed by atoms with Crippen molar-refractivity contribution in [2.75, 3.05) is 0 Å². The van der Waals surface area contributed by atoms with Gasteiger partial charge in [-0.1, -0.05) is 15.9 Å². The molecule has 1 aromatic heterocycles. The fourth-order valence-electron chi connectivity index (χ4n) is 2.06. The fraction of sp³-hybridized carbons (Fsp3) is 0.273. The number of fused-ring (bicyclic) bond motifs is 3. The van der Waals surface area contributed by atoms with Crippen molar-refractivity contribution < 1.29 is 0 Å². The quantitative estimate of drug-likeness (QED) is 0.732. The van der Waals surface area contributed by atoms with Crippen LogP contribution in [0.5, 0.6) is 0 Å². The van der Waals surface area contributed by atoms with E-state index in [0.717, 1.165) is 29.6 Å². The van der Waals surface area contributed by atoms with Gasteiger partial charge < -0.3 is 0 Å². The molecule has 0 aliphatic carbocycles. The molecule has 0 atom stereocenters. The zero-order valence-corrected chi connectivity index (χ0v) is 9.74. The Kier molecular flexibility index (Phi) is 2.09. The van der Waals surface area contributed by atoms with Gasteiger partial charge in [0.25, 0.3) is 0 Å². The summed E-state index contributed by atoms with van der Waals surface area (Å²) in [6.45, 7) is 0. The lowest BCUT2D eigenvalue weighted by molar-refractivity contribution is 0.782. The van der Waals surface area contributed by atoms with Gasteiger partial charge in [-0.2, -0.15) is 0 Å². The third kappa shape index (κ3) is 1.49. The highest BCUT2D eigenvalue weighted by Gasteiger charge is 2.14. The maximum Gasteiger partial charge on any atom is 0.137 e. The molecule has 15 heavy (non-hydrogen) atoms. The second kappa shape index (κ2) is 3.45. The average Bonchev–Trinajstić information content (AvgIpc) is 2.61. The lowest BCUT2D eigenvalue weighted by atomic mass is 10.1.